The summed E-state index contributed by atoms with van der Waals surface area (Å²) in [7, 11) is 0. The first-order valence-electron chi connectivity index (χ1n) is 4.31. The molecule has 0 saturated heterocycles. The summed E-state index contributed by atoms with van der Waals surface area (Å²) in [6.07, 6.45) is 1.41. The highest BCUT2D eigenvalue weighted by molar-refractivity contribution is 5.99. The van der Waals surface area contributed by atoms with Gasteiger partial charge in [0, 0.05) is 12.3 Å². The van der Waals surface area contributed by atoms with E-state index in [1.54, 1.807) is 6.07 Å². The summed E-state index contributed by atoms with van der Waals surface area (Å²) in [5, 5.41) is 9.39. The Morgan fingerprint density at radius 2 is 2.13 bits per heavy atom. The van der Waals surface area contributed by atoms with E-state index in [0.717, 1.165) is 0 Å². The van der Waals surface area contributed by atoms with Gasteiger partial charge in [0.15, 0.2) is 5.78 Å². The van der Waals surface area contributed by atoms with Crippen LogP contribution >= 0.6 is 0 Å². The molecule has 0 radical (unpaired) electrons. The van der Waals surface area contributed by atoms with Gasteiger partial charge in [-0.15, -0.1) is 0 Å². The van der Waals surface area contributed by atoms with Gasteiger partial charge in [-0.1, -0.05) is 0 Å². The lowest BCUT2D eigenvalue weighted by atomic mass is 10.2. The number of carbonyl (C=O) groups is 2. The number of aromatic amines is 1. The Kier molecular flexibility index (Phi) is 2.00. The monoisotopic (exact) mass is 204 g/mol. The Labute approximate surface area is 84.8 Å². The molecular formula is C10H8N2O3. The highest BCUT2D eigenvalue weighted by Crippen LogP contribution is 2.15. The number of aromatic nitrogens is 2. The minimum atomic E-state index is -1.08. The van der Waals surface area contributed by atoms with Crippen LogP contribution in [0, 0.1) is 0 Å². The lowest BCUT2D eigenvalue weighted by molar-refractivity contribution is 0.0690. The van der Waals surface area contributed by atoms with Gasteiger partial charge in [-0.25, -0.2) is 9.78 Å². The summed E-state index contributed by atoms with van der Waals surface area (Å²) in [6.45, 7) is 1.44. The number of nitrogens with zero attached hydrogens (tertiary/aromatic N) is 1. The van der Waals surface area contributed by atoms with Crippen LogP contribution in [0.3, 0.4) is 0 Å². The van der Waals surface area contributed by atoms with Gasteiger partial charge in [0.05, 0.1) is 17.4 Å². The molecule has 76 valence electrons. The van der Waals surface area contributed by atoms with Gasteiger partial charge < -0.3 is 10.1 Å². The van der Waals surface area contributed by atoms with E-state index in [1.807, 2.05) is 0 Å². The third-order valence-electron chi connectivity index (χ3n) is 2.10. The van der Waals surface area contributed by atoms with Gasteiger partial charge >= 0.3 is 5.97 Å². The molecule has 2 aromatic heterocycles. The molecular weight excluding hydrogens is 196 g/mol. The highest BCUT2D eigenvalue weighted by Gasteiger charge is 2.09. The van der Waals surface area contributed by atoms with Crippen LogP contribution in [0.15, 0.2) is 18.3 Å². The number of H-pyrrole nitrogens is 1. The standard InChI is InChI=1S/C10H8N2O3/c1-5(13)7-2-6-3-8(10(14)15)11-4-9(6)12-7/h2-4,12H,1H3,(H,14,15). The normalized spacial score (nSPS) is 10.5. The number of carbonyl (C=O) groups excluding carboxylic acids is 1. The molecule has 0 aliphatic heterocycles. The van der Waals surface area contributed by atoms with Gasteiger partial charge in [0.25, 0.3) is 0 Å². The van der Waals surface area contributed by atoms with Crippen LogP contribution in [0.2, 0.25) is 0 Å². The van der Waals surface area contributed by atoms with Crippen LogP contribution in [0.1, 0.15) is 27.9 Å². The van der Waals surface area contributed by atoms with Gasteiger partial charge in [-0.05, 0) is 12.1 Å². The maximum Gasteiger partial charge on any atom is 0.354 e. The Morgan fingerprint density at radius 3 is 2.73 bits per heavy atom. The molecule has 0 aromatic carbocycles. The molecule has 0 spiro atoms. The van der Waals surface area contributed by atoms with E-state index in [1.165, 1.54) is 19.2 Å². The number of ketones is 1. The van der Waals surface area contributed by atoms with Crippen molar-refractivity contribution in [3.05, 3.63) is 29.7 Å². The Morgan fingerprint density at radius 1 is 1.40 bits per heavy atom. The van der Waals surface area contributed by atoms with Crippen LogP contribution in [-0.2, 0) is 0 Å². The van der Waals surface area contributed by atoms with Crippen LogP contribution in [0.25, 0.3) is 10.9 Å². The Hall–Kier alpha value is -2.17. The second-order valence-electron chi connectivity index (χ2n) is 3.20. The summed E-state index contributed by atoms with van der Waals surface area (Å²) < 4.78 is 0. The number of carboxylic acid groups (broad SMARTS) is 1. The number of Topliss-reactive ketones (excluding diaryl/α,β-unsaturated/α-hetero) is 1. The first kappa shape index (κ1) is 9.39. The van der Waals surface area contributed by atoms with E-state index in [2.05, 4.69) is 9.97 Å². The molecule has 2 heterocycles. The molecule has 5 heteroatoms. The average Bonchev–Trinajstić information content (AvgIpc) is 2.59. The van der Waals surface area contributed by atoms with Gasteiger partial charge in [-0.3, -0.25) is 4.79 Å². The van der Waals surface area contributed by atoms with E-state index in [9.17, 15) is 9.59 Å². The molecule has 2 aromatic rings. The number of aromatic carboxylic acids is 1. The molecule has 0 aliphatic rings. The highest BCUT2D eigenvalue weighted by atomic mass is 16.4. The van der Waals surface area contributed by atoms with Crippen molar-refractivity contribution in [3.63, 3.8) is 0 Å². The second-order valence-corrected chi connectivity index (χ2v) is 3.20. The predicted molar refractivity (Wildman–Crippen MR) is 53.1 cm³/mol. The quantitative estimate of drug-likeness (QED) is 0.725. The molecule has 2 N–H and O–H groups in total. The van der Waals surface area contributed by atoms with E-state index in [4.69, 9.17) is 5.11 Å². The first-order valence-corrected chi connectivity index (χ1v) is 4.31. The summed E-state index contributed by atoms with van der Waals surface area (Å²) in [5.41, 5.74) is 1.08. The number of hydrogen-bond donors (Lipinski definition) is 2. The summed E-state index contributed by atoms with van der Waals surface area (Å²) in [4.78, 5) is 28.3. The predicted octanol–water partition coefficient (Wildman–Crippen LogP) is 1.46. The third-order valence-corrected chi connectivity index (χ3v) is 2.10. The number of carboxylic acids is 1. The fraction of sp³-hybridized carbons (Fsp3) is 0.100. The van der Waals surface area contributed by atoms with Crippen LogP contribution < -0.4 is 0 Å². The fourth-order valence-corrected chi connectivity index (χ4v) is 1.34. The number of fused-ring (bicyclic) bond motifs is 1. The Balaban J connectivity index is 2.62. The minimum Gasteiger partial charge on any atom is -0.477 e. The lowest BCUT2D eigenvalue weighted by Gasteiger charge is -1.92. The van der Waals surface area contributed by atoms with E-state index < -0.39 is 5.97 Å². The molecule has 2 rings (SSSR count). The fourth-order valence-electron chi connectivity index (χ4n) is 1.34. The summed E-state index contributed by atoms with van der Waals surface area (Å²) in [6, 6.07) is 3.05. The number of hydrogen-bond acceptors (Lipinski definition) is 3. The molecule has 0 unspecified atom stereocenters. The molecule has 0 saturated carbocycles. The van der Waals surface area contributed by atoms with Crippen molar-refractivity contribution in [2.75, 3.05) is 0 Å². The van der Waals surface area contributed by atoms with Gasteiger partial charge in [0.1, 0.15) is 5.69 Å². The van der Waals surface area contributed by atoms with Crippen molar-refractivity contribution in [1.82, 2.24) is 9.97 Å². The van der Waals surface area contributed by atoms with Crippen molar-refractivity contribution in [2.45, 2.75) is 6.92 Å². The average molecular weight is 204 g/mol. The number of nitrogens with one attached hydrogen (secondary N) is 1. The van der Waals surface area contributed by atoms with E-state index >= 15 is 0 Å². The van der Waals surface area contributed by atoms with Crippen LogP contribution in [0.5, 0.6) is 0 Å². The molecule has 5 nitrogen and oxygen atoms in total. The topological polar surface area (TPSA) is 83.1 Å². The molecule has 0 atom stereocenters. The van der Waals surface area contributed by atoms with Crippen molar-refractivity contribution in [3.8, 4) is 0 Å². The molecule has 0 fully saturated rings. The van der Waals surface area contributed by atoms with E-state index in [-0.39, 0.29) is 11.5 Å². The second kappa shape index (κ2) is 3.20. The molecule has 0 aliphatic carbocycles. The minimum absolute atomic E-state index is 0.0309. The first-order chi connectivity index (χ1) is 7.08. The van der Waals surface area contributed by atoms with Crippen molar-refractivity contribution >= 4 is 22.7 Å². The number of pyridine rings is 1. The zero-order valence-electron chi connectivity index (χ0n) is 7.94. The largest absolute Gasteiger partial charge is 0.477 e. The summed E-state index contributed by atoms with van der Waals surface area (Å²) >= 11 is 0. The van der Waals surface area contributed by atoms with Crippen LogP contribution in [-0.4, -0.2) is 26.8 Å². The molecule has 15 heavy (non-hydrogen) atoms. The van der Waals surface area contributed by atoms with Crippen molar-refractivity contribution in [1.29, 1.82) is 0 Å². The SMILES string of the molecule is CC(=O)c1cc2cc(C(=O)O)ncc2[nH]1. The van der Waals surface area contributed by atoms with Crippen molar-refractivity contribution in [2.24, 2.45) is 0 Å². The maximum atomic E-state index is 11.1. The smallest absolute Gasteiger partial charge is 0.354 e. The Bertz CT molecular complexity index is 545. The van der Waals surface area contributed by atoms with E-state index in [0.29, 0.717) is 16.6 Å². The van der Waals surface area contributed by atoms with Gasteiger partial charge in [0.2, 0.25) is 0 Å². The maximum absolute atomic E-state index is 11.1. The zero-order chi connectivity index (χ0) is 11.0. The van der Waals surface area contributed by atoms with Gasteiger partial charge in [-0.2, -0.15) is 0 Å². The zero-order valence-corrected chi connectivity index (χ0v) is 7.94. The third kappa shape index (κ3) is 1.59. The number of rotatable bonds is 2. The van der Waals surface area contributed by atoms with Crippen molar-refractivity contribution < 1.29 is 14.7 Å². The molecule has 0 amide bonds. The summed E-state index contributed by atoms with van der Waals surface area (Å²) in [5.74, 6) is -1.18. The lowest BCUT2D eigenvalue weighted by Crippen LogP contribution is -1.98. The van der Waals surface area contributed by atoms with Crippen LogP contribution in [0.4, 0.5) is 0 Å². The molecule has 0 bridgehead atoms.